The van der Waals surface area contributed by atoms with E-state index in [1.54, 1.807) is 18.3 Å². The van der Waals surface area contributed by atoms with E-state index in [1.165, 1.54) is 0 Å². The second-order valence-corrected chi connectivity index (χ2v) is 5.70. The van der Waals surface area contributed by atoms with Gasteiger partial charge in [0.2, 0.25) is 11.8 Å². The van der Waals surface area contributed by atoms with Gasteiger partial charge in [0.15, 0.2) is 5.82 Å². The molecule has 7 heteroatoms. The molecule has 0 bridgehead atoms. The zero-order valence-electron chi connectivity index (χ0n) is 12.1. The van der Waals surface area contributed by atoms with Crippen molar-refractivity contribution >= 4 is 17.2 Å². The molecule has 114 valence electrons. The van der Waals surface area contributed by atoms with Crippen LogP contribution in [0.15, 0.2) is 45.9 Å². The molecule has 3 aromatic heterocycles. The maximum Gasteiger partial charge on any atom is 0.246 e. The summed E-state index contributed by atoms with van der Waals surface area (Å²) in [5.74, 6) is 0.924. The Morgan fingerprint density at radius 3 is 2.91 bits per heavy atom. The molecule has 0 saturated carbocycles. The smallest absolute Gasteiger partial charge is 0.246 e. The molecule has 1 N–H and O–H groups in total. The Bertz CT molecular complexity index is 684. The number of nitrogens with zero attached hydrogens (tertiary/aromatic N) is 3. The van der Waals surface area contributed by atoms with Crippen LogP contribution in [0.5, 0.6) is 0 Å². The highest BCUT2D eigenvalue weighted by atomic mass is 32.1. The van der Waals surface area contributed by atoms with Gasteiger partial charge in [-0.3, -0.25) is 4.79 Å². The lowest BCUT2D eigenvalue weighted by atomic mass is 10.1. The molecule has 0 aromatic carbocycles. The van der Waals surface area contributed by atoms with Crippen LogP contribution in [-0.4, -0.2) is 20.6 Å². The summed E-state index contributed by atoms with van der Waals surface area (Å²) in [5, 5.41) is 10.6. The van der Waals surface area contributed by atoms with Crippen molar-refractivity contribution < 1.29 is 9.32 Å². The van der Waals surface area contributed by atoms with Gasteiger partial charge in [-0.05, 0) is 41.4 Å². The molecule has 0 aliphatic heterocycles. The van der Waals surface area contributed by atoms with Gasteiger partial charge < -0.3 is 14.4 Å². The molecule has 0 fully saturated rings. The first-order valence-electron chi connectivity index (χ1n) is 6.93. The summed E-state index contributed by atoms with van der Waals surface area (Å²) in [5.41, 5.74) is 1.13. The normalized spacial score (nSPS) is 12.2. The summed E-state index contributed by atoms with van der Waals surface area (Å²) in [4.78, 5) is 16.3. The number of thiophene rings is 1. The molecule has 0 spiro atoms. The van der Waals surface area contributed by atoms with Crippen LogP contribution in [0.2, 0.25) is 0 Å². The standard InChI is InChI=1S/C15H16N4O2S/c1-11-17-15(21-18-11)9-16-14(20)8-13(12-4-7-22-10-12)19-5-2-3-6-19/h2-7,10,13H,8-9H2,1H3,(H,16,20)/t13-/m0/s1. The van der Waals surface area contributed by atoms with Crippen LogP contribution in [0.4, 0.5) is 0 Å². The summed E-state index contributed by atoms with van der Waals surface area (Å²) < 4.78 is 7.02. The van der Waals surface area contributed by atoms with Gasteiger partial charge in [-0.25, -0.2) is 0 Å². The lowest BCUT2D eigenvalue weighted by Gasteiger charge is -2.17. The van der Waals surface area contributed by atoms with E-state index in [0.29, 0.717) is 18.1 Å². The second kappa shape index (κ2) is 6.57. The van der Waals surface area contributed by atoms with Crippen molar-refractivity contribution in [2.75, 3.05) is 0 Å². The van der Waals surface area contributed by atoms with E-state index in [0.717, 1.165) is 5.56 Å². The van der Waals surface area contributed by atoms with E-state index in [-0.39, 0.29) is 18.5 Å². The van der Waals surface area contributed by atoms with Gasteiger partial charge in [0.25, 0.3) is 0 Å². The number of rotatable bonds is 6. The van der Waals surface area contributed by atoms with Gasteiger partial charge in [-0.2, -0.15) is 16.3 Å². The zero-order chi connectivity index (χ0) is 15.4. The van der Waals surface area contributed by atoms with Crippen molar-refractivity contribution in [3.63, 3.8) is 0 Å². The molecule has 3 rings (SSSR count). The molecule has 0 unspecified atom stereocenters. The average molecular weight is 316 g/mol. The molecule has 0 radical (unpaired) electrons. The number of carbonyl (C=O) groups excluding carboxylic acids is 1. The highest BCUT2D eigenvalue weighted by molar-refractivity contribution is 7.07. The van der Waals surface area contributed by atoms with E-state index < -0.39 is 0 Å². The molecule has 3 aromatic rings. The van der Waals surface area contributed by atoms with Crippen LogP contribution in [0.1, 0.15) is 29.7 Å². The lowest BCUT2D eigenvalue weighted by Crippen LogP contribution is -2.26. The van der Waals surface area contributed by atoms with Crippen molar-refractivity contribution in [3.05, 3.63) is 58.6 Å². The first kappa shape index (κ1) is 14.5. The van der Waals surface area contributed by atoms with E-state index in [1.807, 2.05) is 40.5 Å². The molecule has 0 aliphatic rings. The number of carbonyl (C=O) groups is 1. The monoisotopic (exact) mass is 316 g/mol. The topological polar surface area (TPSA) is 73.0 Å². The number of aryl methyl sites for hydroxylation is 1. The third kappa shape index (κ3) is 3.43. The average Bonchev–Trinajstić information content (AvgIpc) is 3.25. The van der Waals surface area contributed by atoms with Crippen molar-refractivity contribution in [2.45, 2.75) is 25.9 Å². The maximum absolute atomic E-state index is 12.2. The van der Waals surface area contributed by atoms with Gasteiger partial charge in [0, 0.05) is 12.4 Å². The number of amides is 1. The van der Waals surface area contributed by atoms with Gasteiger partial charge in [0.1, 0.15) is 0 Å². The number of aromatic nitrogens is 3. The minimum absolute atomic E-state index is 0.00864. The molecule has 1 amide bonds. The molecule has 0 aliphatic carbocycles. The summed E-state index contributed by atoms with van der Waals surface area (Å²) in [6.45, 7) is 2.00. The molecular weight excluding hydrogens is 300 g/mol. The quantitative estimate of drug-likeness (QED) is 0.758. The fourth-order valence-electron chi connectivity index (χ4n) is 2.25. The fraction of sp³-hybridized carbons (Fsp3) is 0.267. The van der Waals surface area contributed by atoms with Gasteiger partial charge >= 0.3 is 0 Å². The zero-order valence-corrected chi connectivity index (χ0v) is 12.9. The highest BCUT2D eigenvalue weighted by Gasteiger charge is 2.18. The van der Waals surface area contributed by atoms with Crippen LogP contribution in [0.3, 0.4) is 0 Å². The molecule has 0 saturated heterocycles. The van der Waals surface area contributed by atoms with E-state index >= 15 is 0 Å². The molecule has 1 atom stereocenters. The Labute approximate surface area is 131 Å². The van der Waals surface area contributed by atoms with Crippen LogP contribution in [-0.2, 0) is 11.3 Å². The van der Waals surface area contributed by atoms with E-state index in [4.69, 9.17) is 4.52 Å². The van der Waals surface area contributed by atoms with Gasteiger partial charge in [-0.15, -0.1) is 0 Å². The minimum atomic E-state index is -0.0549. The van der Waals surface area contributed by atoms with Crippen LogP contribution in [0, 0.1) is 6.92 Å². The van der Waals surface area contributed by atoms with Crippen LogP contribution in [0.25, 0.3) is 0 Å². The number of hydrogen-bond acceptors (Lipinski definition) is 5. The minimum Gasteiger partial charge on any atom is -0.347 e. The highest BCUT2D eigenvalue weighted by Crippen LogP contribution is 2.24. The van der Waals surface area contributed by atoms with Gasteiger partial charge in [-0.1, -0.05) is 5.16 Å². The summed E-state index contributed by atoms with van der Waals surface area (Å²) in [6.07, 6.45) is 4.30. The van der Waals surface area contributed by atoms with Crippen LogP contribution >= 0.6 is 11.3 Å². The first-order chi connectivity index (χ1) is 10.7. The van der Waals surface area contributed by atoms with E-state index in [2.05, 4.69) is 20.8 Å². The third-order valence-corrected chi connectivity index (χ3v) is 4.00. The summed E-state index contributed by atoms with van der Waals surface area (Å²) in [6, 6.07) is 5.95. The SMILES string of the molecule is Cc1noc(CNC(=O)C[C@@H](c2ccsc2)n2cccc2)n1. The molecule has 3 heterocycles. The van der Waals surface area contributed by atoms with Crippen molar-refractivity contribution in [1.82, 2.24) is 20.0 Å². The van der Waals surface area contributed by atoms with Crippen molar-refractivity contribution in [2.24, 2.45) is 0 Å². The number of hydrogen-bond donors (Lipinski definition) is 1. The van der Waals surface area contributed by atoms with Gasteiger partial charge in [0.05, 0.1) is 19.0 Å². The predicted molar refractivity (Wildman–Crippen MR) is 82.4 cm³/mol. The largest absolute Gasteiger partial charge is 0.347 e. The Morgan fingerprint density at radius 1 is 1.45 bits per heavy atom. The van der Waals surface area contributed by atoms with E-state index in [9.17, 15) is 4.79 Å². The lowest BCUT2D eigenvalue weighted by molar-refractivity contribution is -0.121. The van der Waals surface area contributed by atoms with Crippen LogP contribution < -0.4 is 5.32 Å². The summed E-state index contributed by atoms with van der Waals surface area (Å²) in [7, 11) is 0. The number of nitrogens with one attached hydrogen (secondary N) is 1. The third-order valence-electron chi connectivity index (χ3n) is 3.30. The van der Waals surface area contributed by atoms with Crippen molar-refractivity contribution in [3.8, 4) is 0 Å². The fourth-order valence-corrected chi connectivity index (χ4v) is 2.96. The molecule has 6 nitrogen and oxygen atoms in total. The Kier molecular flexibility index (Phi) is 4.34. The Morgan fingerprint density at radius 2 is 2.27 bits per heavy atom. The Hall–Kier alpha value is -2.41. The molecular formula is C15H16N4O2S. The second-order valence-electron chi connectivity index (χ2n) is 4.92. The maximum atomic E-state index is 12.2. The molecule has 22 heavy (non-hydrogen) atoms. The van der Waals surface area contributed by atoms with Crippen molar-refractivity contribution in [1.29, 1.82) is 0 Å². The first-order valence-corrected chi connectivity index (χ1v) is 7.87. The predicted octanol–water partition coefficient (Wildman–Crippen LogP) is 2.54. The summed E-state index contributed by atoms with van der Waals surface area (Å²) >= 11 is 1.63. The Balaban J connectivity index is 1.64.